The Labute approximate surface area is 102 Å². The van der Waals surface area contributed by atoms with Gasteiger partial charge < -0.3 is 10.2 Å². The maximum Gasteiger partial charge on any atom is 0.277 e. The molecule has 0 radical (unpaired) electrons. The fourth-order valence-corrected chi connectivity index (χ4v) is 3.25. The Morgan fingerprint density at radius 3 is 2.75 bits per heavy atom. The Kier molecular flexibility index (Phi) is 3.63. The fourth-order valence-electron chi connectivity index (χ4n) is 1.30. The maximum absolute atomic E-state index is 5.76. The van der Waals surface area contributed by atoms with Gasteiger partial charge in [-0.05, 0) is 19.1 Å². The van der Waals surface area contributed by atoms with E-state index in [4.69, 9.17) is 10.2 Å². The zero-order valence-corrected chi connectivity index (χ0v) is 10.8. The number of rotatable bonds is 4. The number of nitrogens with two attached hydrogens (primary N) is 1. The van der Waals surface area contributed by atoms with Gasteiger partial charge in [-0.1, -0.05) is 11.8 Å². The van der Waals surface area contributed by atoms with Crippen LogP contribution >= 0.6 is 23.1 Å². The van der Waals surface area contributed by atoms with Gasteiger partial charge >= 0.3 is 0 Å². The molecule has 16 heavy (non-hydrogen) atoms. The van der Waals surface area contributed by atoms with Crippen LogP contribution in [0.4, 0.5) is 0 Å². The highest BCUT2D eigenvalue weighted by Crippen LogP contribution is 2.36. The largest absolute Gasteiger partial charge is 0.416 e. The predicted octanol–water partition coefficient (Wildman–Crippen LogP) is 2.54. The summed E-state index contributed by atoms with van der Waals surface area (Å²) in [6.07, 6.45) is 0. The molecule has 2 N–H and O–H groups in total. The summed E-state index contributed by atoms with van der Waals surface area (Å²) in [6, 6.07) is 4.20. The number of hydrogen-bond donors (Lipinski definition) is 1. The van der Waals surface area contributed by atoms with Crippen molar-refractivity contribution in [2.45, 2.75) is 24.3 Å². The summed E-state index contributed by atoms with van der Waals surface area (Å²) < 4.78 is 5.33. The van der Waals surface area contributed by atoms with Gasteiger partial charge in [-0.25, -0.2) is 0 Å². The summed E-state index contributed by atoms with van der Waals surface area (Å²) in [5, 5.41) is 8.53. The lowest BCUT2D eigenvalue weighted by Crippen LogP contribution is -2.07. The van der Waals surface area contributed by atoms with E-state index in [1.807, 2.05) is 0 Å². The highest BCUT2D eigenvalue weighted by Gasteiger charge is 2.16. The molecule has 86 valence electrons. The molecular weight excluding hydrogens is 242 g/mol. The first kappa shape index (κ1) is 11.6. The van der Waals surface area contributed by atoms with E-state index in [2.05, 4.69) is 29.3 Å². The maximum atomic E-state index is 5.76. The Hall–Kier alpha value is -0.850. The number of thiophene rings is 1. The topological polar surface area (TPSA) is 64.9 Å². The van der Waals surface area contributed by atoms with Crippen LogP contribution in [0, 0.1) is 13.8 Å². The third-order valence-electron chi connectivity index (χ3n) is 2.04. The highest BCUT2D eigenvalue weighted by molar-refractivity contribution is 7.99. The molecule has 1 atom stereocenters. The van der Waals surface area contributed by atoms with E-state index < -0.39 is 0 Å². The molecule has 0 aliphatic carbocycles. The lowest BCUT2D eigenvalue weighted by molar-refractivity contribution is 0.428. The number of thioether (sulfide) groups is 1. The average molecular weight is 255 g/mol. The molecule has 0 spiro atoms. The smallest absolute Gasteiger partial charge is 0.277 e. The van der Waals surface area contributed by atoms with E-state index in [9.17, 15) is 0 Å². The van der Waals surface area contributed by atoms with Crippen molar-refractivity contribution in [1.82, 2.24) is 10.2 Å². The number of aromatic nitrogens is 2. The SMILES string of the molecule is Cc1nnc(SC(CN)c2ccc(C)s2)o1. The number of hydrogen-bond acceptors (Lipinski definition) is 6. The van der Waals surface area contributed by atoms with Gasteiger partial charge in [0.25, 0.3) is 5.22 Å². The molecule has 6 heteroatoms. The molecule has 0 bridgehead atoms. The molecule has 0 amide bonds. The minimum atomic E-state index is 0.193. The minimum absolute atomic E-state index is 0.193. The van der Waals surface area contributed by atoms with Crippen LogP contribution in [0.15, 0.2) is 21.8 Å². The van der Waals surface area contributed by atoms with E-state index in [1.54, 1.807) is 18.3 Å². The van der Waals surface area contributed by atoms with Gasteiger partial charge in [0.1, 0.15) is 0 Å². The van der Waals surface area contributed by atoms with Gasteiger partial charge in [-0.3, -0.25) is 0 Å². The number of aryl methyl sites for hydroxylation is 2. The third kappa shape index (κ3) is 2.63. The van der Waals surface area contributed by atoms with Gasteiger partial charge in [0.15, 0.2) is 0 Å². The Morgan fingerprint density at radius 2 is 2.25 bits per heavy atom. The predicted molar refractivity (Wildman–Crippen MR) is 65.7 cm³/mol. The molecule has 0 fully saturated rings. The van der Waals surface area contributed by atoms with Crippen LogP contribution in [0.25, 0.3) is 0 Å². The monoisotopic (exact) mass is 255 g/mol. The summed E-state index contributed by atoms with van der Waals surface area (Å²) in [5.74, 6) is 0.584. The number of nitrogens with zero attached hydrogens (tertiary/aromatic N) is 2. The molecule has 1 unspecified atom stereocenters. The van der Waals surface area contributed by atoms with Crippen LogP contribution in [0.3, 0.4) is 0 Å². The lowest BCUT2D eigenvalue weighted by atomic mass is 10.3. The fraction of sp³-hybridized carbons (Fsp3) is 0.400. The molecule has 0 aromatic carbocycles. The van der Waals surface area contributed by atoms with Crippen molar-refractivity contribution in [2.75, 3.05) is 6.54 Å². The third-order valence-corrected chi connectivity index (χ3v) is 4.40. The zero-order chi connectivity index (χ0) is 11.5. The van der Waals surface area contributed by atoms with Crippen molar-refractivity contribution in [1.29, 1.82) is 0 Å². The van der Waals surface area contributed by atoms with Crippen LogP contribution in [-0.4, -0.2) is 16.7 Å². The van der Waals surface area contributed by atoms with Crippen molar-refractivity contribution in [2.24, 2.45) is 5.73 Å². The van der Waals surface area contributed by atoms with Crippen LogP contribution in [0.2, 0.25) is 0 Å². The van der Waals surface area contributed by atoms with Crippen molar-refractivity contribution in [3.05, 3.63) is 27.8 Å². The van der Waals surface area contributed by atoms with E-state index >= 15 is 0 Å². The van der Waals surface area contributed by atoms with Crippen molar-refractivity contribution < 1.29 is 4.42 Å². The average Bonchev–Trinajstić information content (AvgIpc) is 2.84. The van der Waals surface area contributed by atoms with E-state index in [-0.39, 0.29) is 5.25 Å². The van der Waals surface area contributed by atoms with Gasteiger partial charge in [0.05, 0.1) is 5.25 Å². The van der Waals surface area contributed by atoms with Gasteiger partial charge in [-0.15, -0.1) is 21.5 Å². The normalized spacial score (nSPS) is 12.9. The van der Waals surface area contributed by atoms with Crippen LogP contribution < -0.4 is 5.73 Å². The lowest BCUT2D eigenvalue weighted by Gasteiger charge is -2.08. The molecule has 4 nitrogen and oxygen atoms in total. The van der Waals surface area contributed by atoms with Gasteiger partial charge in [0, 0.05) is 23.2 Å². The Morgan fingerprint density at radius 1 is 1.44 bits per heavy atom. The molecule has 0 aliphatic rings. The molecule has 2 heterocycles. The quantitative estimate of drug-likeness (QED) is 0.850. The Bertz CT molecular complexity index is 466. The van der Waals surface area contributed by atoms with Gasteiger partial charge in [0.2, 0.25) is 5.89 Å². The second-order valence-corrected chi connectivity index (χ2v) is 5.85. The van der Waals surface area contributed by atoms with Crippen LogP contribution in [0.1, 0.15) is 20.9 Å². The Balaban J connectivity index is 2.12. The minimum Gasteiger partial charge on any atom is -0.416 e. The summed E-state index contributed by atoms with van der Waals surface area (Å²) in [7, 11) is 0. The van der Waals surface area contributed by atoms with Gasteiger partial charge in [-0.2, -0.15) is 0 Å². The first-order valence-corrected chi connectivity index (χ1v) is 6.62. The van der Waals surface area contributed by atoms with E-state index in [1.165, 1.54) is 21.5 Å². The molecule has 2 aromatic heterocycles. The molecular formula is C10H13N3OS2. The molecule has 0 saturated carbocycles. The summed E-state index contributed by atoms with van der Waals surface area (Å²) in [4.78, 5) is 2.54. The summed E-state index contributed by atoms with van der Waals surface area (Å²) in [6.45, 7) is 4.43. The summed E-state index contributed by atoms with van der Waals surface area (Å²) in [5.41, 5.74) is 5.76. The molecule has 0 aliphatic heterocycles. The van der Waals surface area contributed by atoms with Crippen LogP contribution in [0.5, 0.6) is 0 Å². The molecule has 0 saturated heterocycles. The standard InChI is InChI=1S/C10H13N3OS2/c1-6-3-4-8(15-6)9(5-11)16-10-13-12-7(2)14-10/h3-4,9H,5,11H2,1-2H3. The van der Waals surface area contributed by atoms with Crippen LogP contribution in [-0.2, 0) is 0 Å². The van der Waals surface area contributed by atoms with Crippen molar-refractivity contribution >= 4 is 23.1 Å². The van der Waals surface area contributed by atoms with E-state index in [0.717, 1.165) is 0 Å². The first-order valence-electron chi connectivity index (χ1n) is 4.92. The van der Waals surface area contributed by atoms with Crippen molar-refractivity contribution in [3.8, 4) is 0 Å². The highest BCUT2D eigenvalue weighted by atomic mass is 32.2. The first-order chi connectivity index (χ1) is 7.69. The second kappa shape index (κ2) is 4.99. The van der Waals surface area contributed by atoms with Crippen molar-refractivity contribution in [3.63, 3.8) is 0 Å². The molecule has 2 aromatic rings. The van der Waals surface area contributed by atoms with E-state index in [0.29, 0.717) is 17.7 Å². The zero-order valence-electron chi connectivity index (χ0n) is 9.14. The summed E-state index contributed by atoms with van der Waals surface area (Å²) >= 11 is 3.28. The second-order valence-electron chi connectivity index (χ2n) is 3.38. The molecule has 2 rings (SSSR count).